The first-order valence-electron chi connectivity index (χ1n) is 7.65. The van der Waals surface area contributed by atoms with Crippen molar-refractivity contribution in [3.63, 3.8) is 0 Å². The average Bonchev–Trinajstić information content (AvgIpc) is 3.25. The molecule has 2 aromatic rings. The van der Waals surface area contributed by atoms with E-state index in [0.29, 0.717) is 15.2 Å². The van der Waals surface area contributed by atoms with Crippen LogP contribution in [0.25, 0.3) is 0 Å². The van der Waals surface area contributed by atoms with Gasteiger partial charge in [-0.15, -0.1) is 11.3 Å². The molecule has 2 amide bonds. The molecule has 25 heavy (non-hydrogen) atoms. The Hall–Kier alpha value is -1.83. The number of thiazole rings is 1. The smallest absolute Gasteiger partial charge is 0.273 e. The van der Waals surface area contributed by atoms with Crippen LogP contribution < -0.4 is 10.6 Å². The van der Waals surface area contributed by atoms with Crippen LogP contribution in [0.15, 0.2) is 23.6 Å². The van der Waals surface area contributed by atoms with Crippen LogP contribution in [0.2, 0.25) is 10.0 Å². The molecule has 1 aliphatic carbocycles. The number of carbonyl (C=O) groups is 2. The number of carbonyl (C=O) groups excluding carboxylic acids is 2. The summed E-state index contributed by atoms with van der Waals surface area (Å²) in [6.45, 7) is 0.0163. The van der Waals surface area contributed by atoms with Crippen molar-refractivity contribution >= 4 is 57.2 Å². The number of aromatic nitrogens is 1. The van der Waals surface area contributed by atoms with Crippen molar-refractivity contribution in [1.82, 2.24) is 15.2 Å². The van der Waals surface area contributed by atoms with Gasteiger partial charge in [0.1, 0.15) is 5.69 Å². The molecule has 1 fully saturated rings. The second kappa shape index (κ2) is 7.59. The highest BCUT2D eigenvalue weighted by molar-refractivity contribution is 7.14. The molecule has 0 unspecified atom stereocenters. The molecule has 0 bridgehead atoms. The zero-order valence-corrected chi connectivity index (χ0v) is 15.7. The first kappa shape index (κ1) is 18.0. The number of amides is 2. The minimum Gasteiger partial charge on any atom is -0.352 e. The third-order valence-electron chi connectivity index (χ3n) is 3.56. The Morgan fingerprint density at radius 1 is 1.32 bits per heavy atom. The summed E-state index contributed by atoms with van der Waals surface area (Å²) in [6.07, 6.45) is 2.03. The minimum atomic E-state index is -0.301. The molecule has 1 saturated carbocycles. The predicted octanol–water partition coefficient (Wildman–Crippen LogP) is 3.54. The number of hydrogen-bond donors (Lipinski definition) is 2. The number of nitrogens with zero attached hydrogens (tertiary/aromatic N) is 2. The first-order chi connectivity index (χ1) is 11.9. The van der Waals surface area contributed by atoms with E-state index >= 15 is 0 Å². The fourth-order valence-electron chi connectivity index (χ4n) is 2.11. The molecular formula is C16H16Cl2N4O2S. The highest BCUT2D eigenvalue weighted by Crippen LogP contribution is 2.28. The van der Waals surface area contributed by atoms with Gasteiger partial charge in [-0.3, -0.25) is 9.59 Å². The number of nitrogens with one attached hydrogen (secondary N) is 2. The van der Waals surface area contributed by atoms with Crippen molar-refractivity contribution in [2.75, 3.05) is 18.9 Å². The molecular weight excluding hydrogens is 383 g/mol. The van der Waals surface area contributed by atoms with Crippen LogP contribution in [0, 0.1) is 0 Å². The van der Waals surface area contributed by atoms with E-state index in [4.69, 9.17) is 23.2 Å². The Morgan fingerprint density at radius 3 is 2.76 bits per heavy atom. The Balaban J connectivity index is 1.60. The van der Waals surface area contributed by atoms with E-state index in [0.717, 1.165) is 18.5 Å². The highest BCUT2D eigenvalue weighted by Gasteiger charge is 2.25. The van der Waals surface area contributed by atoms with Gasteiger partial charge in [-0.1, -0.05) is 23.2 Å². The molecule has 0 spiro atoms. The van der Waals surface area contributed by atoms with E-state index < -0.39 is 0 Å². The maximum atomic E-state index is 12.4. The van der Waals surface area contributed by atoms with Gasteiger partial charge in [0.25, 0.3) is 5.91 Å². The van der Waals surface area contributed by atoms with Crippen LogP contribution in [0.5, 0.6) is 0 Å². The summed E-state index contributed by atoms with van der Waals surface area (Å²) in [7, 11) is 1.58. The summed E-state index contributed by atoms with van der Waals surface area (Å²) >= 11 is 13.2. The Labute approximate surface area is 159 Å². The summed E-state index contributed by atoms with van der Waals surface area (Å²) in [5.74, 6) is -0.452. The van der Waals surface area contributed by atoms with E-state index in [-0.39, 0.29) is 30.1 Å². The Morgan fingerprint density at radius 2 is 2.08 bits per heavy atom. The normalized spacial score (nSPS) is 13.4. The number of halogens is 2. The number of anilines is 2. The van der Waals surface area contributed by atoms with Crippen molar-refractivity contribution in [2.24, 2.45) is 0 Å². The van der Waals surface area contributed by atoms with Gasteiger partial charge in [0.15, 0.2) is 5.13 Å². The van der Waals surface area contributed by atoms with Crippen LogP contribution in [0.1, 0.15) is 23.3 Å². The van der Waals surface area contributed by atoms with Gasteiger partial charge in [0.2, 0.25) is 5.91 Å². The minimum absolute atomic E-state index is 0.0163. The average molecular weight is 399 g/mol. The van der Waals surface area contributed by atoms with Crippen LogP contribution in [-0.4, -0.2) is 41.3 Å². The van der Waals surface area contributed by atoms with Gasteiger partial charge >= 0.3 is 0 Å². The molecule has 1 heterocycles. The van der Waals surface area contributed by atoms with Crippen molar-refractivity contribution in [2.45, 2.75) is 18.9 Å². The number of benzene rings is 1. The van der Waals surface area contributed by atoms with E-state index in [9.17, 15) is 9.59 Å². The Kier molecular flexibility index (Phi) is 5.46. The molecule has 9 heteroatoms. The molecule has 2 N–H and O–H groups in total. The van der Waals surface area contributed by atoms with Crippen molar-refractivity contribution in [3.8, 4) is 0 Å². The van der Waals surface area contributed by atoms with E-state index in [1.54, 1.807) is 30.6 Å². The van der Waals surface area contributed by atoms with E-state index in [2.05, 4.69) is 15.6 Å². The molecule has 3 rings (SSSR count). The van der Waals surface area contributed by atoms with Gasteiger partial charge in [0.05, 0.1) is 16.6 Å². The Bertz CT molecular complexity index is 807. The van der Waals surface area contributed by atoms with Crippen molar-refractivity contribution in [1.29, 1.82) is 0 Å². The maximum Gasteiger partial charge on any atom is 0.273 e. The molecule has 0 aliphatic heterocycles. The number of rotatable bonds is 6. The molecule has 132 valence electrons. The maximum absolute atomic E-state index is 12.4. The fraction of sp³-hybridized carbons (Fsp3) is 0.312. The second-order valence-electron chi connectivity index (χ2n) is 5.79. The quantitative estimate of drug-likeness (QED) is 0.779. The summed E-state index contributed by atoms with van der Waals surface area (Å²) in [4.78, 5) is 29.8. The van der Waals surface area contributed by atoms with Crippen molar-refractivity contribution in [3.05, 3.63) is 39.3 Å². The van der Waals surface area contributed by atoms with Crippen LogP contribution in [0.4, 0.5) is 10.8 Å². The summed E-state index contributed by atoms with van der Waals surface area (Å²) < 4.78 is 0. The van der Waals surface area contributed by atoms with E-state index in [1.807, 2.05) is 0 Å². The zero-order chi connectivity index (χ0) is 18.0. The lowest BCUT2D eigenvalue weighted by Gasteiger charge is -2.15. The third-order valence-corrected chi connectivity index (χ3v) is 5.06. The lowest BCUT2D eigenvalue weighted by Crippen LogP contribution is -2.39. The second-order valence-corrected chi connectivity index (χ2v) is 7.47. The molecule has 1 aromatic carbocycles. The lowest BCUT2D eigenvalue weighted by atomic mass is 10.3. The number of hydrogen-bond acceptors (Lipinski definition) is 5. The van der Waals surface area contributed by atoms with Gasteiger partial charge in [-0.25, -0.2) is 4.98 Å². The summed E-state index contributed by atoms with van der Waals surface area (Å²) in [5, 5.41) is 9.03. The highest BCUT2D eigenvalue weighted by atomic mass is 35.5. The zero-order valence-electron chi connectivity index (χ0n) is 13.4. The van der Waals surface area contributed by atoms with E-state index in [1.165, 1.54) is 16.2 Å². The monoisotopic (exact) mass is 398 g/mol. The third kappa shape index (κ3) is 4.84. The molecule has 6 nitrogen and oxygen atoms in total. The fourth-order valence-corrected chi connectivity index (χ4v) is 3.11. The summed E-state index contributed by atoms with van der Waals surface area (Å²) in [5.41, 5.74) is 1.01. The van der Waals surface area contributed by atoms with Crippen molar-refractivity contribution < 1.29 is 9.59 Å². The standard InChI is InChI=1S/C16H16Cl2N4O2S/c1-22(7-14(23)19-9-2-3-9)15(24)13-8-25-16(21-13)20-10-4-5-11(17)12(18)6-10/h4-6,8-9H,2-3,7H2,1H3,(H,19,23)(H,20,21). The van der Waals surface area contributed by atoms with Crippen LogP contribution in [-0.2, 0) is 4.79 Å². The van der Waals surface area contributed by atoms with Crippen LogP contribution >= 0.6 is 34.5 Å². The molecule has 1 aromatic heterocycles. The van der Waals surface area contributed by atoms with Crippen LogP contribution in [0.3, 0.4) is 0 Å². The molecule has 0 radical (unpaired) electrons. The first-order valence-corrected chi connectivity index (χ1v) is 9.28. The predicted molar refractivity (Wildman–Crippen MR) is 100.0 cm³/mol. The topological polar surface area (TPSA) is 74.3 Å². The lowest BCUT2D eigenvalue weighted by molar-refractivity contribution is -0.121. The molecule has 0 atom stereocenters. The van der Waals surface area contributed by atoms with Gasteiger partial charge in [-0.05, 0) is 31.0 Å². The van der Waals surface area contributed by atoms with Gasteiger partial charge < -0.3 is 15.5 Å². The molecule has 1 aliphatic rings. The molecule has 0 saturated heterocycles. The SMILES string of the molecule is CN(CC(=O)NC1CC1)C(=O)c1csc(Nc2ccc(Cl)c(Cl)c2)n1. The van der Waals surface area contributed by atoms with Gasteiger partial charge in [-0.2, -0.15) is 0 Å². The van der Waals surface area contributed by atoms with Gasteiger partial charge in [0, 0.05) is 24.2 Å². The summed E-state index contributed by atoms with van der Waals surface area (Å²) in [6, 6.07) is 5.40. The largest absolute Gasteiger partial charge is 0.352 e. The number of likely N-dealkylation sites (N-methyl/N-ethyl adjacent to an activating group) is 1.